The van der Waals surface area contributed by atoms with Crippen LogP contribution < -0.4 is 37.9 Å². The Kier molecular flexibility index (Phi) is 17.6. The van der Waals surface area contributed by atoms with Gasteiger partial charge in [0, 0.05) is 10.4 Å². The molecule has 12 heteroatoms. The number of hydrogen-bond acceptors (Lipinski definition) is 8. The molecular weight excluding hydrogens is 287 g/mol. The summed E-state index contributed by atoms with van der Waals surface area (Å²) in [6.45, 7) is 0. The summed E-state index contributed by atoms with van der Waals surface area (Å²) >= 11 is -5.75. The van der Waals surface area contributed by atoms with Crippen molar-refractivity contribution in [1.29, 1.82) is 0 Å². The molecule has 8 nitrogen and oxygen atoms in total. The van der Waals surface area contributed by atoms with Crippen molar-refractivity contribution in [2.24, 2.45) is 0 Å². The fourth-order valence-electron chi connectivity index (χ4n) is 0. The molecule has 0 unspecified atom stereocenters. The van der Waals surface area contributed by atoms with Crippen molar-refractivity contribution in [3.8, 4) is 0 Å². The van der Waals surface area contributed by atoms with Crippen LogP contribution in [0.15, 0.2) is 0 Å². The minimum atomic E-state index is -5.75. The molecule has 0 N–H and O–H groups in total. The third kappa shape index (κ3) is 591. The van der Waals surface area contributed by atoms with Gasteiger partial charge >= 0.3 is 76.5 Å². The summed E-state index contributed by atoms with van der Waals surface area (Å²) in [5.74, 6) is 0. The summed E-state index contributed by atoms with van der Waals surface area (Å²) < 4.78 is 68.5. The van der Waals surface area contributed by atoms with Gasteiger partial charge in [-0.05, 0) is 0 Å². The SMILES string of the molecule is O=S(=O)([O-])[O-].[Cr+3].[Na+].[O]=[Cr](=[O])([O-])[O-]. The molecule has 0 spiro atoms. The molecule has 0 aliphatic carbocycles. The van der Waals surface area contributed by atoms with Gasteiger partial charge in [0.25, 0.3) is 0 Å². The summed E-state index contributed by atoms with van der Waals surface area (Å²) in [5, 5.41) is 0. The molecule has 0 aromatic carbocycles. The monoisotopic (exact) mass is 287 g/mol. The normalized spacial score (nSPS) is 9.67. The van der Waals surface area contributed by atoms with Crippen LogP contribution in [0.5, 0.6) is 0 Å². The summed E-state index contributed by atoms with van der Waals surface area (Å²) in [4.78, 5) is 0. The molecule has 0 rings (SSSR count). The van der Waals surface area contributed by atoms with Gasteiger partial charge < -0.3 is 9.11 Å². The average molecular weight is 287 g/mol. The Labute approximate surface area is 103 Å². The van der Waals surface area contributed by atoms with Crippen LogP contribution in [0.3, 0.4) is 0 Å². The van der Waals surface area contributed by atoms with Crippen molar-refractivity contribution in [2.45, 2.75) is 0 Å². The molecule has 0 saturated carbocycles. The van der Waals surface area contributed by atoms with Crippen LogP contribution in [-0.2, 0) is 49.0 Å². The first-order valence-electron chi connectivity index (χ1n) is 1.33. The maximum atomic E-state index is 8.59. The van der Waals surface area contributed by atoms with Crippen LogP contribution >= 0.6 is 0 Å². The standard InChI is InChI=1S/2Cr.Na.H2O4S.4O/c;;;1-5(2,3)4;;;;/h;;;(H2,1,2,3,4);;;;/q;+3;+1;;;;2*-1/p-2. The second-order valence-corrected chi connectivity index (χ2v) is 2.91. The first-order chi connectivity index (χ1) is 4.00. The first-order valence-corrected chi connectivity index (χ1v) is 4.75. The molecule has 0 fully saturated rings. The Hall–Kier alpha value is 1.45. The van der Waals surface area contributed by atoms with Crippen LogP contribution in [0.2, 0.25) is 0 Å². The van der Waals surface area contributed by atoms with E-state index in [0.717, 1.165) is 0 Å². The molecule has 0 amide bonds. The zero-order valence-corrected chi connectivity index (χ0v) is 10.9. The van der Waals surface area contributed by atoms with Gasteiger partial charge in [0.05, 0.1) is 0 Å². The molecule has 0 aromatic heterocycles. The predicted octanol–water partition coefficient (Wildman–Crippen LogP) is -6.95. The summed E-state index contributed by atoms with van der Waals surface area (Å²) in [7, 11) is -5.17. The third-order valence-corrected chi connectivity index (χ3v) is 0. The Bertz CT molecular complexity index is 213. The van der Waals surface area contributed by atoms with Gasteiger partial charge in [0.15, 0.2) is 0 Å². The Morgan fingerprint density at radius 1 is 1.00 bits per heavy atom. The molecule has 0 saturated heterocycles. The van der Waals surface area contributed by atoms with Crippen molar-refractivity contribution < 1.29 is 94.0 Å². The maximum absolute atomic E-state index is 8.59. The van der Waals surface area contributed by atoms with E-state index in [9.17, 15) is 0 Å². The second-order valence-electron chi connectivity index (χ2n) is 0.816. The number of hydrogen-bond donors (Lipinski definition) is 0. The summed E-state index contributed by atoms with van der Waals surface area (Å²) in [6.07, 6.45) is 0. The van der Waals surface area contributed by atoms with E-state index < -0.39 is 24.0 Å². The second kappa shape index (κ2) is 9.03. The molecule has 0 aromatic rings. The molecule has 67 valence electrons. The molecular formula is Cr2NaO8S. The first kappa shape index (κ1) is 23.3. The van der Waals surface area contributed by atoms with Gasteiger partial charge in [0.1, 0.15) is 0 Å². The van der Waals surface area contributed by atoms with E-state index >= 15 is 0 Å². The van der Waals surface area contributed by atoms with Gasteiger partial charge in [-0.2, -0.15) is 0 Å². The van der Waals surface area contributed by atoms with Gasteiger partial charge in [-0.3, -0.25) is 8.42 Å². The van der Waals surface area contributed by atoms with Crippen LogP contribution in [0.1, 0.15) is 0 Å². The van der Waals surface area contributed by atoms with Gasteiger partial charge in [-0.1, -0.05) is 0 Å². The summed E-state index contributed by atoms with van der Waals surface area (Å²) in [5.41, 5.74) is 0. The van der Waals surface area contributed by atoms with Crippen LogP contribution in [-0.4, -0.2) is 17.5 Å². The minimum absolute atomic E-state index is 0. The van der Waals surface area contributed by atoms with Crippen LogP contribution in [0.4, 0.5) is 0 Å². The van der Waals surface area contributed by atoms with E-state index in [0.29, 0.717) is 0 Å². The van der Waals surface area contributed by atoms with Crippen molar-refractivity contribution in [1.82, 2.24) is 0 Å². The average Bonchev–Trinajstić information content (AvgIpc) is 1.12. The molecule has 12 heavy (non-hydrogen) atoms. The molecule has 1 radical (unpaired) electrons. The van der Waals surface area contributed by atoms with E-state index in [4.69, 9.17) is 33.4 Å². The van der Waals surface area contributed by atoms with Gasteiger partial charge in [0.2, 0.25) is 0 Å². The molecule has 0 aliphatic rings. The fraction of sp³-hybridized carbons (Fsp3) is 0. The van der Waals surface area contributed by atoms with Crippen molar-refractivity contribution >= 4 is 10.4 Å². The van der Waals surface area contributed by atoms with E-state index in [2.05, 4.69) is 0 Å². The molecule has 0 bridgehead atoms. The fourth-order valence-corrected chi connectivity index (χ4v) is 0. The molecule has 0 atom stereocenters. The van der Waals surface area contributed by atoms with Crippen LogP contribution in [0.25, 0.3) is 0 Å². The Morgan fingerprint density at radius 2 is 1.00 bits per heavy atom. The van der Waals surface area contributed by atoms with Crippen molar-refractivity contribution in [2.75, 3.05) is 0 Å². The van der Waals surface area contributed by atoms with E-state index in [1.807, 2.05) is 0 Å². The van der Waals surface area contributed by atoms with Crippen LogP contribution in [0, 0.1) is 0 Å². The van der Waals surface area contributed by atoms with Crippen molar-refractivity contribution in [3.63, 3.8) is 0 Å². The summed E-state index contributed by atoms with van der Waals surface area (Å²) in [6, 6.07) is 0. The predicted molar refractivity (Wildman–Crippen MR) is 11.8 cm³/mol. The topological polar surface area (TPSA) is 161 Å². The zero-order valence-electron chi connectivity index (χ0n) is 5.49. The number of rotatable bonds is 0. The quantitative estimate of drug-likeness (QED) is 0.241. The van der Waals surface area contributed by atoms with Gasteiger partial charge in [-0.25, -0.2) is 0 Å². The Balaban J connectivity index is -0.0000000457. The molecule has 0 heterocycles. The zero-order chi connectivity index (χ0) is 9.00. The molecule has 0 aliphatic heterocycles. The van der Waals surface area contributed by atoms with Gasteiger partial charge in [-0.15, -0.1) is 0 Å². The van der Waals surface area contributed by atoms with E-state index in [1.165, 1.54) is 0 Å². The van der Waals surface area contributed by atoms with Crippen molar-refractivity contribution in [3.05, 3.63) is 0 Å². The third-order valence-electron chi connectivity index (χ3n) is 0. The van der Waals surface area contributed by atoms with E-state index in [-0.39, 0.29) is 46.9 Å². The van der Waals surface area contributed by atoms with E-state index in [1.54, 1.807) is 0 Å². The Morgan fingerprint density at radius 3 is 1.00 bits per heavy atom.